The maximum atomic E-state index is 13.6. The molecule has 1 aliphatic heterocycles. The largest absolute Gasteiger partial charge is 0.379 e. The van der Waals surface area contributed by atoms with E-state index in [1.807, 2.05) is 19.9 Å². The van der Waals surface area contributed by atoms with Gasteiger partial charge in [-0.15, -0.1) is 0 Å². The summed E-state index contributed by atoms with van der Waals surface area (Å²) in [6.45, 7) is 8.63. The average Bonchev–Trinajstić information content (AvgIpc) is 2.56. The number of carbonyl (C=O) groups is 1. The SMILES string of the molecule is CCC1CN(C(=O)c2cc(F)ccc2C)c2cc(C)c(C)cc2N1. The number of carbonyl (C=O) groups excluding carboxylic acids is 1. The van der Waals surface area contributed by atoms with Crippen LogP contribution in [0.5, 0.6) is 0 Å². The minimum Gasteiger partial charge on any atom is -0.379 e. The van der Waals surface area contributed by atoms with Gasteiger partial charge in [-0.25, -0.2) is 4.39 Å². The molecule has 1 heterocycles. The molecule has 1 unspecified atom stereocenters. The van der Waals surface area contributed by atoms with Gasteiger partial charge in [-0.1, -0.05) is 13.0 Å². The fourth-order valence-corrected chi connectivity index (χ4v) is 3.12. The van der Waals surface area contributed by atoms with E-state index in [0.717, 1.165) is 28.9 Å². The van der Waals surface area contributed by atoms with E-state index in [9.17, 15) is 9.18 Å². The summed E-state index contributed by atoms with van der Waals surface area (Å²) in [6.07, 6.45) is 0.915. The molecule has 0 radical (unpaired) electrons. The molecule has 0 saturated carbocycles. The van der Waals surface area contributed by atoms with Gasteiger partial charge in [0.15, 0.2) is 0 Å². The van der Waals surface area contributed by atoms with E-state index < -0.39 is 0 Å². The molecule has 0 spiro atoms. The van der Waals surface area contributed by atoms with Crippen LogP contribution in [0.25, 0.3) is 0 Å². The normalized spacial score (nSPS) is 16.5. The lowest BCUT2D eigenvalue weighted by atomic mass is 10.0. The Hall–Kier alpha value is -2.36. The second kappa shape index (κ2) is 6.27. The zero-order chi connectivity index (χ0) is 17.4. The smallest absolute Gasteiger partial charge is 0.258 e. The maximum Gasteiger partial charge on any atom is 0.258 e. The van der Waals surface area contributed by atoms with Crippen LogP contribution >= 0.6 is 0 Å². The first kappa shape index (κ1) is 16.5. The third kappa shape index (κ3) is 2.88. The maximum absolute atomic E-state index is 13.6. The van der Waals surface area contributed by atoms with Crippen molar-refractivity contribution in [1.82, 2.24) is 0 Å². The van der Waals surface area contributed by atoms with Gasteiger partial charge < -0.3 is 10.2 Å². The summed E-state index contributed by atoms with van der Waals surface area (Å²) in [7, 11) is 0. The van der Waals surface area contributed by atoms with Crippen molar-refractivity contribution in [3.05, 3.63) is 58.4 Å². The van der Waals surface area contributed by atoms with Crippen LogP contribution in [0.15, 0.2) is 30.3 Å². The van der Waals surface area contributed by atoms with E-state index in [4.69, 9.17) is 0 Å². The summed E-state index contributed by atoms with van der Waals surface area (Å²) in [4.78, 5) is 14.9. The fraction of sp³-hybridized carbons (Fsp3) is 0.350. The minimum absolute atomic E-state index is 0.142. The molecule has 2 aromatic carbocycles. The van der Waals surface area contributed by atoms with Gasteiger partial charge in [-0.3, -0.25) is 4.79 Å². The molecule has 3 nitrogen and oxygen atoms in total. The van der Waals surface area contributed by atoms with Crippen molar-refractivity contribution in [2.45, 2.75) is 40.2 Å². The van der Waals surface area contributed by atoms with Gasteiger partial charge >= 0.3 is 0 Å². The molecule has 0 aliphatic carbocycles. The number of anilines is 2. The molecule has 4 heteroatoms. The summed E-state index contributed by atoms with van der Waals surface area (Å²) in [6, 6.07) is 8.70. The summed E-state index contributed by atoms with van der Waals surface area (Å²) in [5.74, 6) is -0.525. The molecule has 1 aliphatic rings. The number of halogens is 1. The van der Waals surface area contributed by atoms with Crippen LogP contribution in [0.2, 0.25) is 0 Å². The molecule has 126 valence electrons. The standard InChI is InChI=1S/C20H23FN2O/c1-5-16-11-23(19-9-14(4)13(3)8-18(19)22-16)20(24)17-10-15(21)7-6-12(17)2/h6-10,16,22H,5,11H2,1-4H3. The lowest BCUT2D eigenvalue weighted by molar-refractivity contribution is 0.0983. The highest BCUT2D eigenvalue weighted by Gasteiger charge is 2.29. The quantitative estimate of drug-likeness (QED) is 0.874. The highest BCUT2D eigenvalue weighted by atomic mass is 19.1. The minimum atomic E-state index is -0.383. The van der Waals surface area contributed by atoms with Gasteiger partial charge in [-0.2, -0.15) is 0 Å². The first-order chi connectivity index (χ1) is 11.4. The second-order valence-corrected chi connectivity index (χ2v) is 6.58. The first-order valence-corrected chi connectivity index (χ1v) is 8.36. The summed E-state index contributed by atoms with van der Waals surface area (Å²) >= 11 is 0. The fourth-order valence-electron chi connectivity index (χ4n) is 3.12. The van der Waals surface area contributed by atoms with E-state index in [2.05, 4.69) is 25.2 Å². The topological polar surface area (TPSA) is 32.3 Å². The van der Waals surface area contributed by atoms with Crippen molar-refractivity contribution in [3.8, 4) is 0 Å². The third-order valence-corrected chi connectivity index (χ3v) is 4.83. The van der Waals surface area contributed by atoms with Gasteiger partial charge in [0.05, 0.1) is 11.4 Å². The zero-order valence-electron chi connectivity index (χ0n) is 14.6. The van der Waals surface area contributed by atoms with E-state index in [-0.39, 0.29) is 17.8 Å². The van der Waals surface area contributed by atoms with Crippen molar-refractivity contribution >= 4 is 17.3 Å². The molecule has 0 bridgehead atoms. The lowest BCUT2D eigenvalue weighted by Gasteiger charge is -2.36. The molecule has 0 saturated heterocycles. The molecular formula is C20H23FN2O. The number of nitrogens with zero attached hydrogens (tertiary/aromatic N) is 1. The van der Waals surface area contributed by atoms with E-state index >= 15 is 0 Å². The molecule has 1 atom stereocenters. The Morgan fingerprint density at radius 3 is 2.58 bits per heavy atom. The van der Waals surface area contributed by atoms with Crippen LogP contribution in [0.4, 0.5) is 15.8 Å². The van der Waals surface area contributed by atoms with Crippen LogP contribution in [0, 0.1) is 26.6 Å². The van der Waals surface area contributed by atoms with Crippen molar-refractivity contribution < 1.29 is 9.18 Å². The van der Waals surface area contributed by atoms with Crippen molar-refractivity contribution in [2.75, 3.05) is 16.8 Å². The predicted molar refractivity (Wildman–Crippen MR) is 96.4 cm³/mol. The van der Waals surface area contributed by atoms with Crippen molar-refractivity contribution in [2.24, 2.45) is 0 Å². The number of nitrogens with one attached hydrogen (secondary N) is 1. The van der Waals surface area contributed by atoms with Crippen LogP contribution < -0.4 is 10.2 Å². The molecule has 24 heavy (non-hydrogen) atoms. The zero-order valence-corrected chi connectivity index (χ0v) is 14.6. The number of hydrogen-bond acceptors (Lipinski definition) is 2. The molecule has 1 N–H and O–H groups in total. The Morgan fingerprint density at radius 1 is 1.17 bits per heavy atom. The Bertz CT molecular complexity index is 800. The number of fused-ring (bicyclic) bond motifs is 1. The lowest BCUT2D eigenvalue weighted by Crippen LogP contribution is -2.44. The third-order valence-electron chi connectivity index (χ3n) is 4.83. The molecule has 2 aromatic rings. The average molecular weight is 326 g/mol. The molecule has 0 fully saturated rings. The van der Waals surface area contributed by atoms with Gasteiger partial charge in [-0.05, 0) is 68.1 Å². The van der Waals surface area contributed by atoms with Crippen LogP contribution in [-0.4, -0.2) is 18.5 Å². The number of rotatable bonds is 2. The Balaban J connectivity index is 2.08. The monoisotopic (exact) mass is 326 g/mol. The van der Waals surface area contributed by atoms with E-state index in [1.54, 1.807) is 11.0 Å². The van der Waals surface area contributed by atoms with E-state index in [1.165, 1.54) is 17.7 Å². The Morgan fingerprint density at radius 2 is 1.88 bits per heavy atom. The van der Waals surface area contributed by atoms with Gasteiger partial charge in [0.25, 0.3) is 5.91 Å². The molecular weight excluding hydrogens is 303 g/mol. The highest BCUT2D eigenvalue weighted by Crippen LogP contribution is 2.35. The van der Waals surface area contributed by atoms with Crippen molar-refractivity contribution in [1.29, 1.82) is 0 Å². The molecule has 1 amide bonds. The number of benzene rings is 2. The van der Waals surface area contributed by atoms with Crippen LogP contribution in [0.1, 0.15) is 40.4 Å². The summed E-state index contributed by atoms with van der Waals surface area (Å²) in [5, 5.41) is 3.51. The molecule has 3 rings (SSSR count). The highest BCUT2D eigenvalue weighted by molar-refractivity contribution is 6.09. The van der Waals surface area contributed by atoms with Crippen LogP contribution in [0.3, 0.4) is 0 Å². The number of hydrogen-bond donors (Lipinski definition) is 1. The number of amides is 1. The van der Waals surface area contributed by atoms with Gasteiger partial charge in [0.2, 0.25) is 0 Å². The molecule has 0 aromatic heterocycles. The Kier molecular flexibility index (Phi) is 4.31. The van der Waals surface area contributed by atoms with E-state index in [0.29, 0.717) is 12.1 Å². The number of aryl methyl sites for hydroxylation is 3. The van der Waals surface area contributed by atoms with Crippen LogP contribution in [-0.2, 0) is 0 Å². The first-order valence-electron chi connectivity index (χ1n) is 8.36. The summed E-state index contributed by atoms with van der Waals surface area (Å²) in [5.41, 5.74) is 5.39. The van der Waals surface area contributed by atoms with Gasteiger partial charge in [0, 0.05) is 18.2 Å². The summed E-state index contributed by atoms with van der Waals surface area (Å²) < 4.78 is 13.6. The second-order valence-electron chi connectivity index (χ2n) is 6.58. The Labute approximate surface area is 142 Å². The van der Waals surface area contributed by atoms with Gasteiger partial charge in [0.1, 0.15) is 5.82 Å². The predicted octanol–water partition coefficient (Wildman–Crippen LogP) is 4.60. The van der Waals surface area contributed by atoms with Crippen molar-refractivity contribution in [3.63, 3.8) is 0 Å².